The highest BCUT2D eigenvalue weighted by molar-refractivity contribution is 7.88. The summed E-state index contributed by atoms with van der Waals surface area (Å²) in [5.41, 5.74) is 6.88. The molecule has 0 aromatic carbocycles. The Kier molecular flexibility index (Phi) is 5.69. The average Bonchev–Trinajstić information content (AvgIpc) is 3.18. The molecule has 0 atom stereocenters. The van der Waals surface area contributed by atoms with Crippen LogP contribution in [0.4, 0.5) is 5.00 Å². The first kappa shape index (κ1) is 19.3. The molecule has 2 aliphatic carbocycles. The van der Waals surface area contributed by atoms with E-state index in [2.05, 4.69) is 5.32 Å². The number of primary amides is 1. The Hall–Kier alpha value is -1.45. The molecule has 0 unspecified atom stereocenters. The van der Waals surface area contributed by atoms with Crippen molar-refractivity contribution in [1.29, 1.82) is 0 Å². The van der Waals surface area contributed by atoms with Gasteiger partial charge in [0.05, 0.1) is 18.4 Å². The van der Waals surface area contributed by atoms with Crippen LogP contribution < -0.4 is 11.1 Å². The molecule has 0 radical (unpaired) electrons. The van der Waals surface area contributed by atoms with E-state index in [0.29, 0.717) is 10.6 Å². The number of anilines is 1. The molecule has 1 fully saturated rings. The first-order valence-electron chi connectivity index (χ1n) is 8.98. The fraction of sp³-hybridized carbons (Fsp3) is 0.647. The number of sulfonamides is 1. The molecular formula is C17H25N3O4S2. The minimum Gasteiger partial charge on any atom is -0.365 e. The van der Waals surface area contributed by atoms with Crippen LogP contribution in [0.3, 0.4) is 0 Å². The Bertz CT molecular complexity index is 810. The van der Waals surface area contributed by atoms with Crippen LogP contribution in [0.15, 0.2) is 0 Å². The van der Waals surface area contributed by atoms with Crippen LogP contribution in [-0.4, -0.2) is 43.4 Å². The zero-order valence-corrected chi connectivity index (χ0v) is 16.5. The predicted molar refractivity (Wildman–Crippen MR) is 102 cm³/mol. The first-order chi connectivity index (χ1) is 12.3. The minimum absolute atomic E-state index is 0.122. The normalized spacial score (nSPS) is 18.1. The number of hydrogen-bond donors (Lipinski definition) is 2. The average molecular weight is 400 g/mol. The highest BCUT2D eigenvalue weighted by Gasteiger charge is 2.32. The van der Waals surface area contributed by atoms with E-state index in [-0.39, 0.29) is 12.6 Å². The molecule has 1 aromatic heterocycles. The summed E-state index contributed by atoms with van der Waals surface area (Å²) in [6, 6.07) is -0.122. The lowest BCUT2D eigenvalue weighted by atomic mass is 9.95. The topological polar surface area (TPSA) is 110 Å². The molecule has 7 nitrogen and oxygen atoms in total. The predicted octanol–water partition coefficient (Wildman–Crippen LogP) is 1.87. The van der Waals surface area contributed by atoms with E-state index >= 15 is 0 Å². The van der Waals surface area contributed by atoms with Crippen molar-refractivity contribution in [2.45, 2.75) is 57.4 Å². The van der Waals surface area contributed by atoms with E-state index in [1.807, 2.05) is 0 Å². The summed E-state index contributed by atoms with van der Waals surface area (Å²) in [7, 11) is -3.48. The summed E-state index contributed by atoms with van der Waals surface area (Å²) >= 11 is 1.38. The van der Waals surface area contributed by atoms with Gasteiger partial charge in [0.25, 0.3) is 5.91 Å². The Morgan fingerprint density at radius 3 is 2.46 bits per heavy atom. The lowest BCUT2D eigenvalue weighted by Crippen LogP contribution is -2.43. The summed E-state index contributed by atoms with van der Waals surface area (Å²) in [4.78, 5) is 25.5. The van der Waals surface area contributed by atoms with E-state index in [9.17, 15) is 18.0 Å². The van der Waals surface area contributed by atoms with Crippen LogP contribution in [0.2, 0.25) is 0 Å². The van der Waals surface area contributed by atoms with E-state index < -0.39 is 21.8 Å². The van der Waals surface area contributed by atoms with Gasteiger partial charge in [-0.3, -0.25) is 9.59 Å². The maximum atomic E-state index is 12.6. The van der Waals surface area contributed by atoms with Gasteiger partial charge in [-0.1, -0.05) is 12.8 Å². The minimum atomic E-state index is -3.48. The SMILES string of the molecule is CS(=O)(=O)N(CC(=O)Nc1sc2c(c1C(N)=O)CCCC2)C1CCCC1. The lowest BCUT2D eigenvalue weighted by Gasteiger charge is -2.25. The maximum Gasteiger partial charge on any atom is 0.251 e. The molecule has 0 spiro atoms. The Morgan fingerprint density at radius 2 is 1.85 bits per heavy atom. The van der Waals surface area contributed by atoms with Crippen molar-refractivity contribution >= 4 is 38.2 Å². The molecule has 0 saturated heterocycles. The quantitative estimate of drug-likeness (QED) is 0.761. The van der Waals surface area contributed by atoms with Gasteiger partial charge < -0.3 is 11.1 Å². The van der Waals surface area contributed by atoms with Crippen LogP contribution in [-0.2, 0) is 27.7 Å². The van der Waals surface area contributed by atoms with Crippen LogP contribution in [0, 0.1) is 0 Å². The van der Waals surface area contributed by atoms with Crippen LogP contribution in [0.1, 0.15) is 59.3 Å². The molecule has 26 heavy (non-hydrogen) atoms. The fourth-order valence-electron chi connectivity index (χ4n) is 3.93. The summed E-state index contributed by atoms with van der Waals surface area (Å²) < 4.78 is 25.5. The first-order valence-corrected chi connectivity index (χ1v) is 11.6. The highest BCUT2D eigenvalue weighted by Crippen LogP contribution is 2.38. The fourth-order valence-corrected chi connectivity index (χ4v) is 6.35. The van der Waals surface area contributed by atoms with Crippen molar-refractivity contribution in [3.63, 3.8) is 0 Å². The van der Waals surface area contributed by atoms with E-state index in [1.54, 1.807) is 0 Å². The molecule has 3 rings (SSSR count). The number of rotatable bonds is 6. The van der Waals surface area contributed by atoms with Gasteiger partial charge in [0.2, 0.25) is 15.9 Å². The number of carbonyl (C=O) groups excluding carboxylic acids is 2. The second-order valence-corrected chi connectivity index (χ2v) is 10.1. The number of nitrogens with one attached hydrogen (secondary N) is 1. The summed E-state index contributed by atoms with van der Waals surface area (Å²) in [5, 5.41) is 3.20. The van der Waals surface area contributed by atoms with Gasteiger partial charge in [0.15, 0.2) is 0 Å². The molecule has 2 amide bonds. The molecule has 9 heteroatoms. The van der Waals surface area contributed by atoms with Crippen molar-refractivity contribution < 1.29 is 18.0 Å². The number of nitrogens with two attached hydrogens (primary N) is 1. The van der Waals surface area contributed by atoms with Gasteiger partial charge in [-0.2, -0.15) is 4.31 Å². The molecule has 3 N–H and O–H groups in total. The summed E-state index contributed by atoms with van der Waals surface area (Å²) in [5.74, 6) is -0.973. The zero-order valence-electron chi connectivity index (χ0n) is 14.9. The third kappa shape index (κ3) is 4.10. The maximum absolute atomic E-state index is 12.6. The number of hydrogen-bond acceptors (Lipinski definition) is 5. The number of nitrogens with zero attached hydrogens (tertiary/aromatic N) is 1. The van der Waals surface area contributed by atoms with E-state index in [4.69, 9.17) is 5.73 Å². The smallest absolute Gasteiger partial charge is 0.251 e. The van der Waals surface area contributed by atoms with Crippen molar-refractivity contribution in [2.24, 2.45) is 5.73 Å². The van der Waals surface area contributed by atoms with Gasteiger partial charge in [0.1, 0.15) is 5.00 Å². The molecule has 2 aliphatic rings. The summed E-state index contributed by atoms with van der Waals surface area (Å²) in [6.45, 7) is -0.232. The lowest BCUT2D eigenvalue weighted by molar-refractivity contribution is -0.116. The Morgan fingerprint density at radius 1 is 1.19 bits per heavy atom. The number of carbonyl (C=O) groups is 2. The Labute approximate surface area is 158 Å². The number of amides is 2. The van der Waals surface area contributed by atoms with Gasteiger partial charge >= 0.3 is 0 Å². The van der Waals surface area contributed by atoms with Crippen molar-refractivity contribution in [1.82, 2.24) is 4.31 Å². The van der Waals surface area contributed by atoms with Crippen molar-refractivity contribution in [3.8, 4) is 0 Å². The van der Waals surface area contributed by atoms with Gasteiger partial charge in [-0.05, 0) is 44.1 Å². The van der Waals surface area contributed by atoms with Crippen LogP contribution >= 0.6 is 11.3 Å². The summed E-state index contributed by atoms with van der Waals surface area (Å²) in [6.07, 6.45) is 8.37. The van der Waals surface area contributed by atoms with E-state index in [1.165, 1.54) is 15.6 Å². The van der Waals surface area contributed by atoms with Crippen molar-refractivity contribution in [3.05, 3.63) is 16.0 Å². The Balaban J connectivity index is 1.79. The molecule has 1 saturated carbocycles. The zero-order chi connectivity index (χ0) is 18.9. The molecule has 1 heterocycles. The second-order valence-electron chi connectivity index (χ2n) is 7.07. The van der Waals surface area contributed by atoms with Gasteiger partial charge in [0, 0.05) is 10.9 Å². The number of fused-ring (bicyclic) bond motifs is 1. The van der Waals surface area contributed by atoms with Gasteiger partial charge in [-0.25, -0.2) is 8.42 Å². The van der Waals surface area contributed by atoms with E-state index in [0.717, 1.165) is 68.1 Å². The van der Waals surface area contributed by atoms with Gasteiger partial charge in [-0.15, -0.1) is 11.3 Å². The van der Waals surface area contributed by atoms with Crippen LogP contribution in [0.25, 0.3) is 0 Å². The molecular weight excluding hydrogens is 374 g/mol. The number of aryl methyl sites for hydroxylation is 1. The number of thiophene rings is 1. The van der Waals surface area contributed by atoms with Crippen molar-refractivity contribution in [2.75, 3.05) is 18.1 Å². The highest BCUT2D eigenvalue weighted by atomic mass is 32.2. The molecule has 1 aromatic rings. The molecule has 0 bridgehead atoms. The monoisotopic (exact) mass is 399 g/mol. The standard InChI is InChI=1S/C17H25N3O4S2/c1-26(23,24)20(11-6-2-3-7-11)10-14(21)19-17-15(16(18)22)12-8-4-5-9-13(12)25-17/h11H,2-10H2,1H3,(H2,18,22)(H,19,21). The molecule has 0 aliphatic heterocycles. The molecule has 144 valence electrons. The third-order valence-electron chi connectivity index (χ3n) is 5.13. The van der Waals surface area contributed by atoms with Crippen LogP contribution in [0.5, 0.6) is 0 Å². The second kappa shape index (κ2) is 7.66. The largest absolute Gasteiger partial charge is 0.365 e. The third-order valence-corrected chi connectivity index (χ3v) is 7.61.